The summed E-state index contributed by atoms with van der Waals surface area (Å²) in [6, 6.07) is 9.17. The molecule has 3 aromatic carbocycles. The predicted molar refractivity (Wildman–Crippen MR) is 140 cm³/mol. The fourth-order valence-corrected chi connectivity index (χ4v) is 5.16. The van der Waals surface area contributed by atoms with Gasteiger partial charge in [-0.3, -0.25) is 0 Å². The fraction of sp³-hybridized carbons (Fsp3) is 0.387. The maximum Gasteiger partial charge on any atom is 0.341 e. The Hall–Kier alpha value is -3.46. The molecule has 4 rings (SSSR count). The quantitative estimate of drug-likeness (QED) is 0.211. The first-order valence-corrected chi connectivity index (χ1v) is 13.4. The highest BCUT2D eigenvalue weighted by atomic mass is 19.2. The summed E-state index contributed by atoms with van der Waals surface area (Å²) in [6.45, 7) is 3.62. The van der Waals surface area contributed by atoms with Crippen molar-refractivity contribution in [1.82, 2.24) is 0 Å². The zero-order chi connectivity index (χ0) is 29.0. The van der Waals surface area contributed by atoms with E-state index in [1.165, 1.54) is 24.3 Å². The summed E-state index contributed by atoms with van der Waals surface area (Å²) in [7, 11) is 0. The molecular formula is C31H31F5O4. The van der Waals surface area contributed by atoms with Gasteiger partial charge in [0.2, 0.25) is 5.82 Å². The Morgan fingerprint density at radius 3 is 2.27 bits per heavy atom. The van der Waals surface area contributed by atoms with E-state index >= 15 is 4.39 Å². The van der Waals surface area contributed by atoms with Crippen molar-refractivity contribution in [3.05, 3.63) is 88.2 Å². The molecular weight excluding hydrogens is 531 g/mol. The first kappa shape index (κ1) is 29.5. The predicted octanol–water partition coefficient (Wildman–Crippen LogP) is 8.16. The molecule has 0 aromatic heterocycles. The highest BCUT2D eigenvalue weighted by Gasteiger charge is 2.29. The van der Waals surface area contributed by atoms with Crippen LogP contribution in [0.5, 0.6) is 5.75 Å². The molecule has 0 spiro atoms. The number of aliphatic hydroxyl groups excluding tert-OH is 1. The van der Waals surface area contributed by atoms with Crippen LogP contribution in [0.3, 0.4) is 0 Å². The minimum atomic E-state index is -1.36. The van der Waals surface area contributed by atoms with Crippen molar-refractivity contribution in [3.63, 3.8) is 0 Å². The van der Waals surface area contributed by atoms with E-state index in [-0.39, 0.29) is 41.4 Å². The van der Waals surface area contributed by atoms with Crippen LogP contribution in [-0.4, -0.2) is 23.8 Å². The van der Waals surface area contributed by atoms with Crippen molar-refractivity contribution in [2.75, 3.05) is 6.61 Å². The van der Waals surface area contributed by atoms with E-state index < -0.39 is 52.8 Å². The molecule has 1 fully saturated rings. The number of rotatable bonds is 9. The standard InChI is InChI=1S/C31H31F5O4/c1-3-5-25(37)22-12-13-23(29(35)28(22)34)31(38)40-19-9-6-17(7-10-19)20-11-8-18(16-24(20)32)21-14-15-26(39-4-2)30(36)27(21)33/h8,11-17,19,25,37H,3-7,9-10H2,1-2H3. The van der Waals surface area contributed by atoms with Crippen LogP contribution in [0, 0.1) is 29.1 Å². The van der Waals surface area contributed by atoms with Gasteiger partial charge in [-0.25, -0.2) is 22.4 Å². The summed E-state index contributed by atoms with van der Waals surface area (Å²) < 4.78 is 83.4. The van der Waals surface area contributed by atoms with Gasteiger partial charge in [-0.05, 0) is 80.3 Å². The Balaban J connectivity index is 1.40. The van der Waals surface area contributed by atoms with Gasteiger partial charge in [0.1, 0.15) is 11.9 Å². The van der Waals surface area contributed by atoms with Crippen LogP contribution in [0.1, 0.15) is 85.9 Å². The molecule has 1 atom stereocenters. The molecule has 3 aromatic rings. The number of carbonyl (C=O) groups is 1. The molecule has 1 aliphatic rings. The van der Waals surface area contributed by atoms with Gasteiger partial charge in [0.25, 0.3) is 0 Å². The Kier molecular flexibility index (Phi) is 9.45. The zero-order valence-corrected chi connectivity index (χ0v) is 22.3. The molecule has 4 nitrogen and oxygen atoms in total. The van der Waals surface area contributed by atoms with E-state index in [1.54, 1.807) is 19.9 Å². The molecule has 0 aliphatic heterocycles. The molecule has 0 saturated heterocycles. The summed E-state index contributed by atoms with van der Waals surface area (Å²) in [4.78, 5) is 12.6. The van der Waals surface area contributed by atoms with Gasteiger partial charge in [-0.2, -0.15) is 4.39 Å². The highest BCUT2D eigenvalue weighted by Crippen LogP contribution is 2.38. The summed E-state index contributed by atoms with van der Waals surface area (Å²) in [6.07, 6.45) is 0.809. The molecule has 1 saturated carbocycles. The maximum atomic E-state index is 15.1. The number of benzene rings is 3. The van der Waals surface area contributed by atoms with Gasteiger partial charge >= 0.3 is 5.97 Å². The summed E-state index contributed by atoms with van der Waals surface area (Å²) in [5.41, 5.74) is -0.245. The van der Waals surface area contributed by atoms with Crippen LogP contribution in [0.25, 0.3) is 11.1 Å². The van der Waals surface area contributed by atoms with E-state index in [4.69, 9.17) is 9.47 Å². The van der Waals surface area contributed by atoms with E-state index in [1.807, 2.05) is 0 Å². The monoisotopic (exact) mass is 562 g/mol. The summed E-state index contributed by atoms with van der Waals surface area (Å²) in [5, 5.41) is 9.99. The number of hydrogen-bond acceptors (Lipinski definition) is 4. The van der Waals surface area contributed by atoms with E-state index in [9.17, 15) is 27.5 Å². The Labute approximate surface area is 229 Å². The third-order valence-electron chi connectivity index (χ3n) is 7.30. The third-order valence-corrected chi connectivity index (χ3v) is 7.30. The molecule has 1 N–H and O–H groups in total. The number of aliphatic hydroxyl groups is 1. The third kappa shape index (κ3) is 6.14. The molecule has 1 unspecified atom stereocenters. The number of esters is 1. The normalized spacial score (nSPS) is 17.9. The molecule has 0 amide bonds. The van der Waals surface area contributed by atoms with Crippen molar-refractivity contribution in [2.45, 2.75) is 70.5 Å². The second-order valence-corrected chi connectivity index (χ2v) is 9.92. The average Bonchev–Trinajstić information content (AvgIpc) is 2.93. The smallest absolute Gasteiger partial charge is 0.341 e. The maximum absolute atomic E-state index is 15.1. The van der Waals surface area contributed by atoms with Gasteiger partial charge in [0.05, 0.1) is 18.3 Å². The Bertz CT molecular complexity index is 1370. The minimum Gasteiger partial charge on any atom is -0.491 e. The van der Waals surface area contributed by atoms with E-state index in [0.717, 1.165) is 12.1 Å². The number of hydrogen-bond donors (Lipinski definition) is 1. The molecule has 9 heteroatoms. The van der Waals surface area contributed by atoms with Crippen LogP contribution in [0.2, 0.25) is 0 Å². The van der Waals surface area contributed by atoms with Crippen LogP contribution in [-0.2, 0) is 4.74 Å². The second kappa shape index (κ2) is 12.8. The van der Waals surface area contributed by atoms with Crippen molar-refractivity contribution in [2.24, 2.45) is 0 Å². The van der Waals surface area contributed by atoms with Gasteiger partial charge in [0, 0.05) is 11.1 Å². The molecule has 214 valence electrons. The first-order chi connectivity index (χ1) is 19.2. The lowest BCUT2D eigenvalue weighted by atomic mass is 9.82. The van der Waals surface area contributed by atoms with Crippen molar-refractivity contribution >= 4 is 5.97 Å². The zero-order valence-electron chi connectivity index (χ0n) is 22.3. The van der Waals surface area contributed by atoms with Crippen molar-refractivity contribution < 1.29 is 41.3 Å². The lowest BCUT2D eigenvalue weighted by Gasteiger charge is -2.29. The van der Waals surface area contributed by atoms with Gasteiger partial charge < -0.3 is 14.6 Å². The lowest BCUT2D eigenvalue weighted by molar-refractivity contribution is 0.0188. The Morgan fingerprint density at radius 2 is 1.62 bits per heavy atom. The van der Waals surface area contributed by atoms with Gasteiger partial charge in [-0.1, -0.05) is 31.5 Å². The van der Waals surface area contributed by atoms with Gasteiger partial charge in [-0.15, -0.1) is 0 Å². The SMILES string of the molecule is CCCC(O)c1ccc(C(=O)OC2CCC(c3ccc(-c4ccc(OCC)c(F)c4F)cc3F)CC2)c(F)c1F. The summed E-state index contributed by atoms with van der Waals surface area (Å²) >= 11 is 0. The van der Waals surface area contributed by atoms with E-state index in [2.05, 4.69) is 0 Å². The molecule has 0 heterocycles. The van der Waals surface area contributed by atoms with E-state index in [0.29, 0.717) is 37.7 Å². The molecule has 40 heavy (non-hydrogen) atoms. The number of halogens is 5. The summed E-state index contributed by atoms with van der Waals surface area (Å²) in [5.74, 6) is -6.87. The van der Waals surface area contributed by atoms with Crippen LogP contribution in [0.15, 0.2) is 42.5 Å². The van der Waals surface area contributed by atoms with Crippen molar-refractivity contribution in [1.29, 1.82) is 0 Å². The largest absolute Gasteiger partial charge is 0.491 e. The lowest BCUT2D eigenvalue weighted by Crippen LogP contribution is -2.25. The van der Waals surface area contributed by atoms with Crippen LogP contribution >= 0.6 is 0 Å². The molecule has 0 bridgehead atoms. The highest BCUT2D eigenvalue weighted by molar-refractivity contribution is 5.90. The van der Waals surface area contributed by atoms with Crippen molar-refractivity contribution in [3.8, 4) is 16.9 Å². The van der Waals surface area contributed by atoms with Crippen LogP contribution < -0.4 is 4.74 Å². The number of ether oxygens (including phenoxy) is 2. The Morgan fingerprint density at radius 1 is 0.900 bits per heavy atom. The fourth-order valence-electron chi connectivity index (χ4n) is 5.16. The second-order valence-electron chi connectivity index (χ2n) is 9.92. The van der Waals surface area contributed by atoms with Crippen LogP contribution in [0.4, 0.5) is 22.0 Å². The molecule has 0 radical (unpaired) electrons. The molecule has 1 aliphatic carbocycles. The first-order valence-electron chi connectivity index (χ1n) is 13.4. The topological polar surface area (TPSA) is 55.8 Å². The minimum absolute atomic E-state index is 0.0846. The average molecular weight is 563 g/mol. The number of carbonyl (C=O) groups excluding carboxylic acids is 1. The van der Waals surface area contributed by atoms with Gasteiger partial charge in [0.15, 0.2) is 23.2 Å².